The van der Waals surface area contributed by atoms with Crippen molar-refractivity contribution in [3.8, 4) is 0 Å². The van der Waals surface area contributed by atoms with Crippen molar-refractivity contribution in [1.29, 1.82) is 0 Å². The minimum absolute atomic E-state index is 0.0529. The largest absolute Gasteiger partial charge is 0.350 e. The van der Waals surface area contributed by atoms with E-state index in [2.05, 4.69) is 39.6 Å². The predicted octanol–water partition coefficient (Wildman–Crippen LogP) is 2.68. The van der Waals surface area contributed by atoms with E-state index in [4.69, 9.17) is 11.6 Å². The number of anilines is 2. The number of aromatic nitrogens is 2. The number of hydrogen-bond donors (Lipinski definition) is 3. The number of nitrogens with one attached hydrogen (secondary N) is 2. The fourth-order valence-corrected chi connectivity index (χ4v) is 5.15. The molecule has 0 radical (unpaired) electrons. The molecule has 1 saturated carbocycles. The molecule has 190 valence electrons. The van der Waals surface area contributed by atoms with Crippen molar-refractivity contribution in [2.24, 2.45) is 11.8 Å². The molecule has 0 aromatic carbocycles. The topological polar surface area (TPSA) is 114 Å². The van der Waals surface area contributed by atoms with Gasteiger partial charge in [-0.25, -0.2) is 5.06 Å². The number of rotatable bonds is 12. The van der Waals surface area contributed by atoms with Crippen LogP contribution >= 0.6 is 11.6 Å². The van der Waals surface area contributed by atoms with E-state index in [1.54, 1.807) is 0 Å². The second-order valence-corrected chi connectivity index (χ2v) is 9.69. The second kappa shape index (κ2) is 11.5. The van der Waals surface area contributed by atoms with Crippen molar-refractivity contribution in [3.05, 3.63) is 11.1 Å². The summed E-state index contributed by atoms with van der Waals surface area (Å²) in [4.78, 5) is 35.7. The minimum Gasteiger partial charge on any atom is -0.350 e. The standard InChI is InChI=1S/C22H35ClFN7O3/c1-4-22(29(3)5-2)12-30(13-22)19-17(24)18(25-21(23)26-19)27-28-20(33)16(11-31(34)14-32)10-15-8-6-7-9-15/h14-16,34H,4-13H2,1-3H3,(H,28,33)(H,25,26,27)/t16-/m1/s1. The van der Waals surface area contributed by atoms with Gasteiger partial charge in [0, 0.05) is 13.1 Å². The van der Waals surface area contributed by atoms with Crippen LogP contribution < -0.4 is 15.8 Å². The zero-order valence-corrected chi connectivity index (χ0v) is 20.8. The molecule has 34 heavy (non-hydrogen) atoms. The lowest BCUT2D eigenvalue weighted by Crippen LogP contribution is -2.69. The zero-order chi connectivity index (χ0) is 24.9. The molecule has 1 aromatic rings. The fraction of sp³-hybridized carbons (Fsp3) is 0.727. The van der Waals surface area contributed by atoms with Gasteiger partial charge in [0.05, 0.1) is 18.0 Å². The van der Waals surface area contributed by atoms with E-state index in [9.17, 15) is 14.8 Å². The molecular weight excluding hydrogens is 465 g/mol. The molecule has 1 saturated heterocycles. The second-order valence-electron chi connectivity index (χ2n) is 9.35. The summed E-state index contributed by atoms with van der Waals surface area (Å²) < 4.78 is 15.3. The highest BCUT2D eigenvalue weighted by molar-refractivity contribution is 6.28. The van der Waals surface area contributed by atoms with Gasteiger partial charge < -0.3 is 4.90 Å². The lowest BCUT2D eigenvalue weighted by molar-refractivity contribution is -0.154. The summed E-state index contributed by atoms with van der Waals surface area (Å²) in [7, 11) is 2.05. The van der Waals surface area contributed by atoms with E-state index >= 15 is 4.39 Å². The number of hydroxylamine groups is 2. The molecular formula is C22H35ClFN7O3. The van der Waals surface area contributed by atoms with E-state index in [1.165, 1.54) is 0 Å². The summed E-state index contributed by atoms with van der Waals surface area (Å²) in [5.74, 6) is -1.65. The van der Waals surface area contributed by atoms with Gasteiger partial charge in [0.25, 0.3) is 0 Å². The molecule has 1 aliphatic heterocycles. The average Bonchev–Trinajstić information content (AvgIpc) is 3.31. The first-order valence-electron chi connectivity index (χ1n) is 11.9. The summed E-state index contributed by atoms with van der Waals surface area (Å²) in [6.07, 6.45) is 5.92. The third-order valence-electron chi connectivity index (χ3n) is 7.32. The first kappa shape index (κ1) is 26.4. The summed E-state index contributed by atoms with van der Waals surface area (Å²) in [5, 5.41) is 9.94. The molecule has 10 nitrogen and oxygen atoms in total. The lowest BCUT2D eigenvalue weighted by Gasteiger charge is -2.55. The van der Waals surface area contributed by atoms with Crippen molar-refractivity contribution in [2.75, 3.05) is 43.6 Å². The fourth-order valence-electron chi connectivity index (χ4n) is 4.99. The Balaban J connectivity index is 1.68. The predicted molar refractivity (Wildman–Crippen MR) is 127 cm³/mol. The van der Waals surface area contributed by atoms with E-state index in [0.717, 1.165) is 38.6 Å². The van der Waals surface area contributed by atoms with Gasteiger partial charge in [-0.15, -0.1) is 0 Å². The molecule has 1 aliphatic carbocycles. The van der Waals surface area contributed by atoms with Gasteiger partial charge in [-0.3, -0.25) is 30.5 Å². The third-order valence-corrected chi connectivity index (χ3v) is 7.48. The maximum absolute atomic E-state index is 15.3. The first-order chi connectivity index (χ1) is 16.2. The van der Waals surface area contributed by atoms with Crippen LogP contribution in [0, 0.1) is 17.7 Å². The Morgan fingerprint density at radius 1 is 1.35 bits per heavy atom. The average molecular weight is 500 g/mol. The highest BCUT2D eigenvalue weighted by Crippen LogP contribution is 2.36. The van der Waals surface area contributed by atoms with Crippen molar-refractivity contribution >= 4 is 35.6 Å². The Hall–Kier alpha value is -2.24. The van der Waals surface area contributed by atoms with E-state index in [0.29, 0.717) is 30.5 Å². The van der Waals surface area contributed by atoms with Crippen molar-refractivity contribution in [3.63, 3.8) is 0 Å². The van der Waals surface area contributed by atoms with Gasteiger partial charge in [0.15, 0.2) is 11.6 Å². The number of halogens is 2. The van der Waals surface area contributed by atoms with Crippen LogP contribution in [0.4, 0.5) is 16.0 Å². The highest BCUT2D eigenvalue weighted by atomic mass is 35.5. The summed E-state index contributed by atoms with van der Waals surface area (Å²) >= 11 is 6.06. The van der Waals surface area contributed by atoms with Gasteiger partial charge in [-0.2, -0.15) is 14.4 Å². The Labute approximate surface area is 204 Å². The van der Waals surface area contributed by atoms with Crippen molar-refractivity contribution in [2.45, 2.75) is 57.9 Å². The van der Waals surface area contributed by atoms with Crippen LogP contribution in [0.2, 0.25) is 5.28 Å². The number of carbonyl (C=O) groups is 2. The molecule has 3 N–H and O–H groups in total. The van der Waals surface area contributed by atoms with Gasteiger partial charge in [-0.05, 0) is 44.0 Å². The number of hydrogen-bond acceptors (Lipinski definition) is 8. The van der Waals surface area contributed by atoms with Crippen LogP contribution in [0.1, 0.15) is 52.4 Å². The molecule has 0 unspecified atom stereocenters. The molecule has 0 spiro atoms. The Morgan fingerprint density at radius 2 is 2.03 bits per heavy atom. The van der Waals surface area contributed by atoms with Gasteiger partial charge in [0.2, 0.25) is 23.4 Å². The molecule has 1 atom stereocenters. The SMILES string of the molecule is CCN(C)C1(CC)CN(c2nc(Cl)nc(NNC(=O)[C@H](CC3CCCC3)CN(O)C=O)c2F)C1. The van der Waals surface area contributed by atoms with Crippen LogP contribution in [0.3, 0.4) is 0 Å². The van der Waals surface area contributed by atoms with Gasteiger partial charge >= 0.3 is 0 Å². The minimum atomic E-state index is -0.711. The highest BCUT2D eigenvalue weighted by Gasteiger charge is 2.46. The van der Waals surface area contributed by atoms with E-state index in [-0.39, 0.29) is 35.4 Å². The molecule has 2 fully saturated rings. The monoisotopic (exact) mass is 499 g/mol. The maximum atomic E-state index is 15.3. The number of likely N-dealkylation sites (N-methyl/N-ethyl adjacent to an activating group) is 1. The van der Waals surface area contributed by atoms with Crippen LogP contribution in [0.15, 0.2) is 0 Å². The zero-order valence-electron chi connectivity index (χ0n) is 20.1. The Bertz CT molecular complexity index is 865. The molecule has 12 heteroatoms. The quantitative estimate of drug-likeness (QED) is 0.174. The first-order valence-corrected chi connectivity index (χ1v) is 12.3. The van der Waals surface area contributed by atoms with Gasteiger partial charge in [0.1, 0.15) is 0 Å². The third kappa shape index (κ3) is 5.87. The molecule has 1 aromatic heterocycles. The van der Waals surface area contributed by atoms with Crippen molar-refractivity contribution in [1.82, 2.24) is 25.4 Å². The lowest BCUT2D eigenvalue weighted by atomic mass is 9.85. The van der Waals surface area contributed by atoms with Crippen molar-refractivity contribution < 1.29 is 19.2 Å². The normalized spacial score (nSPS) is 18.5. The number of nitrogens with zero attached hydrogens (tertiary/aromatic N) is 5. The van der Waals surface area contributed by atoms with Crippen LogP contribution in [0.5, 0.6) is 0 Å². The number of carbonyl (C=O) groups excluding carboxylic acids is 2. The summed E-state index contributed by atoms with van der Waals surface area (Å²) in [6, 6.07) is 0. The van der Waals surface area contributed by atoms with E-state index < -0.39 is 17.6 Å². The number of amides is 2. The molecule has 3 rings (SSSR count). The van der Waals surface area contributed by atoms with Crippen LogP contribution in [-0.2, 0) is 9.59 Å². The van der Waals surface area contributed by atoms with Crippen LogP contribution in [0.25, 0.3) is 0 Å². The number of hydrazine groups is 1. The maximum Gasteiger partial charge on any atom is 0.243 e. The molecule has 2 aliphatic rings. The summed E-state index contributed by atoms with van der Waals surface area (Å²) in [6.45, 7) is 6.12. The molecule has 2 heterocycles. The Kier molecular flexibility index (Phi) is 8.89. The smallest absolute Gasteiger partial charge is 0.243 e. The molecule has 2 amide bonds. The van der Waals surface area contributed by atoms with E-state index in [1.807, 2.05) is 11.9 Å². The van der Waals surface area contributed by atoms with Crippen LogP contribution in [-0.4, -0.2) is 76.2 Å². The summed E-state index contributed by atoms with van der Waals surface area (Å²) in [5.41, 5.74) is 4.94. The van der Waals surface area contributed by atoms with Gasteiger partial charge in [-0.1, -0.05) is 39.5 Å². The molecule has 0 bridgehead atoms. The Morgan fingerprint density at radius 3 is 2.62 bits per heavy atom.